The number of nitrogens with zero attached hydrogens (tertiary/aromatic N) is 3. The Bertz CT molecular complexity index is 1260. The number of carbonyl (C=O) groups is 2. The number of para-hydroxylation sites is 1. The fraction of sp³-hybridized carbons (Fsp3) is 0.148. The Hall–Kier alpha value is -4.19. The quantitative estimate of drug-likeness (QED) is 0.458. The molecule has 0 saturated heterocycles. The molecule has 0 aliphatic carbocycles. The van der Waals surface area contributed by atoms with Crippen LogP contribution in [0, 0.1) is 0 Å². The maximum Gasteiger partial charge on any atom is 0.259 e. The lowest BCUT2D eigenvalue weighted by Crippen LogP contribution is -2.21. The van der Waals surface area contributed by atoms with Crippen LogP contribution in [0.3, 0.4) is 0 Å². The van der Waals surface area contributed by atoms with Gasteiger partial charge in [-0.25, -0.2) is 4.68 Å². The molecule has 33 heavy (non-hydrogen) atoms. The molecule has 0 spiro atoms. The minimum absolute atomic E-state index is 0.0881. The molecular formula is C27H26N4O2. The van der Waals surface area contributed by atoms with Crippen molar-refractivity contribution in [2.24, 2.45) is 0 Å². The highest BCUT2D eigenvalue weighted by atomic mass is 16.2. The van der Waals surface area contributed by atoms with Crippen LogP contribution >= 0.6 is 0 Å². The van der Waals surface area contributed by atoms with E-state index in [0.717, 1.165) is 17.7 Å². The van der Waals surface area contributed by atoms with Crippen molar-refractivity contribution < 1.29 is 9.59 Å². The van der Waals surface area contributed by atoms with E-state index in [2.05, 4.69) is 24.4 Å². The third-order valence-electron chi connectivity index (χ3n) is 5.41. The van der Waals surface area contributed by atoms with Crippen LogP contribution < -0.4 is 5.32 Å². The molecule has 0 saturated carbocycles. The summed E-state index contributed by atoms with van der Waals surface area (Å²) in [6, 6.07) is 24.7. The Morgan fingerprint density at radius 3 is 2.18 bits per heavy atom. The number of hydrogen-bond acceptors (Lipinski definition) is 3. The van der Waals surface area contributed by atoms with Gasteiger partial charge in [0, 0.05) is 37.1 Å². The molecule has 0 aliphatic rings. The van der Waals surface area contributed by atoms with E-state index < -0.39 is 0 Å². The molecule has 6 heteroatoms. The normalized spacial score (nSPS) is 10.6. The van der Waals surface area contributed by atoms with E-state index in [-0.39, 0.29) is 11.8 Å². The van der Waals surface area contributed by atoms with E-state index in [1.165, 1.54) is 10.5 Å². The molecule has 1 N–H and O–H groups in total. The van der Waals surface area contributed by atoms with Crippen LogP contribution in [0.5, 0.6) is 0 Å². The van der Waals surface area contributed by atoms with Gasteiger partial charge in [-0.1, -0.05) is 49.4 Å². The van der Waals surface area contributed by atoms with E-state index >= 15 is 0 Å². The van der Waals surface area contributed by atoms with Gasteiger partial charge in [0.1, 0.15) is 5.69 Å². The average molecular weight is 439 g/mol. The minimum Gasteiger partial charge on any atom is -0.345 e. The summed E-state index contributed by atoms with van der Waals surface area (Å²) in [7, 11) is 3.41. The summed E-state index contributed by atoms with van der Waals surface area (Å²) in [5, 5.41) is 7.67. The van der Waals surface area contributed by atoms with Gasteiger partial charge in [-0.15, -0.1) is 0 Å². The smallest absolute Gasteiger partial charge is 0.259 e. The topological polar surface area (TPSA) is 67.2 Å². The van der Waals surface area contributed by atoms with Crippen molar-refractivity contribution in [1.29, 1.82) is 0 Å². The van der Waals surface area contributed by atoms with E-state index in [1.807, 2.05) is 42.5 Å². The zero-order chi connectivity index (χ0) is 23.4. The lowest BCUT2D eigenvalue weighted by Gasteiger charge is -2.11. The SMILES string of the molecule is CCc1ccc(-c2nn(-c3ccccc3)cc2C(=O)Nc2ccc(C(=O)N(C)C)cc2)cc1. The standard InChI is InChI=1S/C27H26N4O2/c1-4-19-10-12-20(13-11-19)25-24(18-31(29-25)23-8-6-5-7-9-23)26(32)28-22-16-14-21(15-17-22)27(33)30(2)3/h5-18H,4H2,1-3H3,(H,28,32). The van der Waals surface area contributed by atoms with E-state index in [0.29, 0.717) is 22.5 Å². The lowest BCUT2D eigenvalue weighted by molar-refractivity contribution is 0.0827. The minimum atomic E-state index is -0.265. The van der Waals surface area contributed by atoms with Crippen LogP contribution in [-0.2, 0) is 6.42 Å². The summed E-state index contributed by atoms with van der Waals surface area (Å²) < 4.78 is 1.72. The monoisotopic (exact) mass is 438 g/mol. The van der Waals surface area contributed by atoms with E-state index in [4.69, 9.17) is 5.10 Å². The van der Waals surface area contributed by atoms with Gasteiger partial charge in [-0.2, -0.15) is 5.10 Å². The average Bonchev–Trinajstić information content (AvgIpc) is 3.30. The number of aryl methyl sites for hydroxylation is 1. The first-order valence-corrected chi connectivity index (χ1v) is 10.8. The first-order valence-electron chi connectivity index (χ1n) is 10.8. The summed E-state index contributed by atoms with van der Waals surface area (Å²) in [5.41, 5.74) is 5.21. The summed E-state index contributed by atoms with van der Waals surface area (Å²) >= 11 is 0. The molecule has 1 aromatic heterocycles. The van der Waals surface area contributed by atoms with Crippen LogP contribution in [0.25, 0.3) is 16.9 Å². The second-order valence-corrected chi connectivity index (χ2v) is 7.95. The van der Waals surface area contributed by atoms with Crippen LogP contribution in [0.2, 0.25) is 0 Å². The number of hydrogen-bond donors (Lipinski definition) is 1. The molecule has 3 aromatic carbocycles. The second-order valence-electron chi connectivity index (χ2n) is 7.95. The van der Waals surface area contributed by atoms with Gasteiger partial charge >= 0.3 is 0 Å². The van der Waals surface area contributed by atoms with Crippen molar-refractivity contribution >= 4 is 17.5 Å². The van der Waals surface area contributed by atoms with Gasteiger partial charge in [0.05, 0.1) is 11.3 Å². The summed E-state index contributed by atoms with van der Waals surface area (Å²) in [6.45, 7) is 2.11. The van der Waals surface area contributed by atoms with Crippen molar-refractivity contribution in [3.05, 3.63) is 102 Å². The van der Waals surface area contributed by atoms with Crippen LogP contribution in [0.1, 0.15) is 33.2 Å². The van der Waals surface area contributed by atoms with Crippen molar-refractivity contribution in [2.75, 3.05) is 19.4 Å². The lowest BCUT2D eigenvalue weighted by atomic mass is 10.0. The second kappa shape index (κ2) is 9.53. The zero-order valence-corrected chi connectivity index (χ0v) is 18.9. The van der Waals surface area contributed by atoms with Crippen LogP contribution in [-0.4, -0.2) is 40.6 Å². The molecule has 0 fully saturated rings. The Morgan fingerprint density at radius 2 is 1.58 bits per heavy atom. The first kappa shape index (κ1) is 22.0. The number of rotatable bonds is 6. The fourth-order valence-electron chi connectivity index (χ4n) is 3.52. The summed E-state index contributed by atoms with van der Waals surface area (Å²) in [5.74, 6) is -0.353. The molecule has 0 unspecified atom stereocenters. The molecule has 4 aromatic rings. The molecule has 1 heterocycles. The van der Waals surface area contributed by atoms with Crippen LogP contribution in [0.4, 0.5) is 5.69 Å². The maximum absolute atomic E-state index is 13.3. The number of benzene rings is 3. The van der Waals surface area contributed by atoms with Gasteiger partial charge in [0.25, 0.3) is 11.8 Å². The number of aromatic nitrogens is 2. The number of nitrogens with one attached hydrogen (secondary N) is 1. The Morgan fingerprint density at radius 1 is 0.909 bits per heavy atom. The summed E-state index contributed by atoms with van der Waals surface area (Å²) in [4.78, 5) is 26.9. The van der Waals surface area contributed by atoms with Crippen LogP contribution in [0.15, 0.2) is 85.1 Å². The van der Waals surface area contributed by atoms with Crippen molar-refractivity contribution in [3.63, 3.8) is 0 Å². The molecule has 4 rings (SSSR count). The van der Waals surface area contributed by atoms with E-state index in [9.17, 15) is 9.59 Å². The molecule has 166 valence electrons. The first-order chi connectivity index (χ1) is 16.0. The Kier molecular flexibility index (Phi) is 6.36. The predicted molar refractivity (Wildman–Crippen MR) is 131 cm³/mol. The third kappa shape index (κ3) is 4.85. The Balaban J connectivity index is 1.67. The summed E-state index contributed by atoms with van der Waals surface area (Å²) in [6.07, 6.45) is 2.69. The van der Waals surface area contributed by atoms with Crippen molar-refractivity contribution in [2.45, 2.75) is 13.3 Å². The Labute approximate surface area is 193 Å². The molecular weight excluding hydrogens is 412 g/mol. The maximum atomic E-state index is 13.3. The fourth-order valence-corrected chi connectivity index (χ4v) is 3.52. The zero-order valence-electron chi connectivity index (χ0n) is 18.9. The predicted octanol–water partition coefficient (Wildman–Crippen LogP) is 5.06. The third-order valence-corrected chi connectivity index (χ3v) is 5.41. The van der Waals surface area contributed by atoms with Gasteiger partial charge in [0.15, 0.2) is 0 Å². The highest BCUT2D eigenvalue weighted by Crippen LogP contribution is 2.25. The highest BCUT2D eigenvalue weighted by molar-refractivity contribution is 6.08. The van der Waals surface area contributed by atoms with Gasteiger partial charge in [-0.3, -0.25) is 9.59 Å². The van der Waals surface area contributed by atoms with Gasteiger partial charge < -0.3 is 10.2 Å². The molecule has 6 nitrogen and oxygen atoms in total. The molecule has 0 aliphatic heterocycles. The molecule has 0 radical (unpaired) electrons. The van der Waals surface area contributed by atoms with Crippen molar-refractivity contribution in [3.8, 4) is 16.9 Å². The van der Waals surface area contributed by atoms with Gasteiger partial charge in [-0.05, 0) is 48.4 Å². The highest BCUT2D eigenvalue weighted by Gasteiger charge is 2.19. The largest absolute Gasteiger partial charge is 0.345 e. The van der Waals surface area contributed by atoms with Crippen molar-refractivity contribution in [1.82, 2.24) is 14.7 Å². The molecule has 0 bridgehead atoms. The number of carbonyl (C=O) groups excluding carboxylic acids is 2. The molecule has 2 amide bonds. The number of anilines is 1. The molecule has 0 atom stereocenters. The van der Waals surface area contributed by atoms with E-state index in [1.54, 1.807) is 49.2 Å². The van der Waals surface area contributed by atoms with Gasteiger partial charge in [0.2, 0.25) is 0 Å². The number of amides is 2.